The minimum absolute atomic E-state index is 0.156. The van der Waals surface area contributed by atoms with Gasteiger partial charge in [0.05, 0.1) is 18.3 Å². The molecule has 4 nitrogen and oxygen atoms in total. The zero-order chi connectivity index (χ0) is 16.4. The van der Waals surface area contributed by atoms with Gasteiger partial charge in [0.1, 0.15) is 5.75 Å². The Hall–Kier alpha value is -2.88. The van der Waals surface area contributed by atoms with Crippen molar-refractivity contribution in [3.05, 3.63) is 65.4 Å². The maximum atomic E-state index is 12.6. The summed E-state index contributed by atoms with van der Waals surface area (Å²) in [6.07, 6.45) is 1.71. The van der Waals surface area contributed by atoms with E-state index in [1.807, 2.05) is 50.2 Å². The Morgan fingerprint density at radius 1 is 1.09 bits per heavy atom. The molecule has 0 fully saturated rings. The monoisotopic (exact) mass is 306 g/mol. The van der Waals surface area contributed by atoms with Crippen molar-refractivity contribution in [3.8, 4) is 5.75 Å². The van der Waals surface area contributed by atoms with Gasteiger partial charge in [0.25, 0.3) is 5.91 Å². The van der Waals surface area contributed by atoms with Crippen LogP contribution in [-0.4, -0.2) is 18.0 Å². The van der Waals surface area contributed by atoms with Crippen molar-refractivity contribution in [2.75, 3.05) is 12.4 Å². The molecule has 1 aromatic heterocycles. The molecule has 23 heavy (non-hydrogen) atoms. The molecule has 0 saturated carbocycles. The topological polar surface area (TPSA) is 51.2 Å². The highest BCUT2D eigenvalue weighted by molar-refractivity contribution is 6.08. The molecule has 0 bridgehead atoms. The van der Waals surface area contributed by atoms with Crippen LogP contribution in [0.4, 0.5) is 5.69 Å². The molecule has 1 heterocycles. The summed E-state index contributed by atoms with van der Waals surface area (Å²) < 4.78 is 5.31. The number of anilines is 1. The number of nitrogens with one attached hydrogen (secondary N) is 1. The van der Waals surface area contributed by atoms with Crippen LogP contribution in [0.2, 0.25) is 0 Å². The Morgan fingerprint density at radius 2 is 1.83 bits per heavy atom. The second kappa shape index (κ2) is 6.08. The summed E-state index contributed by atoms with van der Waals surface area (Å²) in [7, 11) is 1.60. The SMILES string of the molecule is COc1cc(NC(=O)c2cc(C)cc(C)c2)c2ncccc2c1. The molecule has 1 amide bonds. The number of benzene rings is 2. The van der Waals surface area contributed by atoms with E-state index in [-0.39, 0.29) is 5.91 Å². The number of methoxy groups -OCH3 is 1. The van der Waals surface area contributed by atoms with E-state index in [4.69, 9.17) is 4.74 Å². The molecule has 0 radical (unpaired) electrons. The minimum Gasteiger partial charge on any atom is -0.497 e. The maximum Gasteiger partial charge on any atom is 0.255 e. The Bertz CT molecular complexity index is 867. The van der Waals surface area contributed by atoms with E-state index < -0.39 is 0 Å². The fraction of sp³-hybridized carbons (Fsp3) is 0.158. The van der Waals surface area contributed by atoms with Crippen molar-refractivity contribution in [2.45, 2.75) is 13.8 Å². The summed E-state index contributed by atoms with van der Waals surface area (Å²) >= 11 is 0. The molecule has 4 heteroatoms. The fourth-order valence-corrected chi connectivity index (χ4v) is 2.68. The molecule has 0 atom stereocenters. The van der Waals surface area contributed by atoms with Crippen molar-refractivity contribution in [2.24, 2.45) is 0 Å². The molecule has 116 valence electrons. The molecule has 0 saturated heterocycles. The van der Waals surface area contributed by atoms with Crippen LogP contribution >= 0.6 is 0 Å². The van der Waals surface area contributed by atoms with Gasteiger partial charge in [-0.25, -0.2) is 0 Å². The molecular formula is C19H18N2O2. The van der Waals surface area contributed by atoms with Crippen LogP contribution in [0.3, 0.4) is 0 Å². The number of hydrogen-bond acceptors (Lipinski definition) is 3. The predicted octanol–water partition coefficient (Wildman–Crippen LogP) is 4.11. The van der Waals surface area contributed by atoms with Gasteiger partial charge in [0.2, 0.25) is 0 Å². The normalized spacial score (nSPS) is 10.6. The van der Waals surface area contributed by atoms with E-state index in [9.17, 15) is 4.79 Å². The third-order valence-electron chi connectivity index (χ3n) is 3.65. The third kappa shape index (κ3) is 3.16. The van der Waals surface area contributed by atoms with Crippen molar-refractivity contribution < 1.29 is 9.53 Å². The van der Waals surface area contributed by atoms with Gasteiger partial charge in [-0.3, -0.25) is 9.78 Å². The van der Waals surface area contributed by atoms with Crippen LogP contribution in [0.25, 0.3) is 10.9 Å². The number of amides is 1. The van der Waals surface area contributed by atoms with Gasteiger partial charge < -0.3 is 10.1 Å². The third-order valence-corrected chi connectivity index (χ3v) is 3.65. The van der Waals surface area contributed by atoms with Gasteiger partial charge in [-0.2, -0.15) is 0 Å². The van der Waals surface area contributed by atoms with Gasteiger partial charge in [0.15, 0.2) is 0 Å². The van der Waals surface area contributed by atoms with E-state index in [0.29, 0.717) is 17.0 Å². The molecule has 0 aliphatic heterocycles. The van der Waals surface area contributed by atoms with Gasteiger partial charge >= 0.3 is 0 Å². The first-order valence-electron chi connectivity index (χ1n) is 7.39. The first kappa shape index (κ1) is 15.0. The van der Waals surface area contributed by atoms with Crippen molar-refractivity contribution in [1.29, 1.82) is 0 Å². The van der Waals surface area contributed by atoms with Crippen LogP contribution < -0.4 is 10.1 Å². The lowest BCUT2D eigenvalue weighted by atomic mass is 10.1. The van der Waals surface area contributed by atoms with Crippen molar-refractivity contribution in [3.63, 3.8) is 0 Å². The highest BCUT2D eigenvalue weighted by Crippen LogP contribution is 2.28. The average Bonchev–Trinajstić information content (AvgIpc) is 2.53. The fourth-order valence-electron chi connectivity index (χ4n) is 2.68. The number of hydrogen-bond donors (Lipinski definition) is 1. The minimum atomic E-state index is -0.156. The van der Waals surface area contributed by atoms with E-state index >= 15 is 0 Å². The maximum absolute atomic E-state index is 12.6. The van der Waals surface area contributed by atoms with Gasteiger partial charge in [-0.05, 0) is 38.1 Å². The summed E-state index contributed by atoms with van der Waals surface area (Å²) in [5, 5.41) is 3.87. The van der Waals surface area contributed by atoms with Gasteiger partial charge in [-0.15, -0.1) is 0 Å². The lowest BCUT2D eigenvalue weighted by molar-refractivity contribution is 0.102. The van der Waals surface area contributed by atoms with Crippen LogP contribution in [-0.2, 0) is 0 Å². The zero-order valence-electron chi connectivity index (χ0n) is 13.4. The Labute approximate surface area is 135 Å². The molecular weight excluding hydrogens is 288 g/mol. The first-order valence-corrected chi connectivity index (χ1v) is 7.39. The molecule has 0 aliphatic rings. The molecule has 0 aliphatic carbocycles. The Balaban J connectivity index is 2.01. The number of nitrogens with zero attached hydrogens (tertiary/aromatic N) is 1. The Kier molecular flexibility index (Phi) is 3.98. The summed E-state index contributed by atoms with van der Waals surface area (Å²) in [4.78, 5) is 17.0. The molecule has 0 unspecified atom stereocenters. The quantitative estimate of drug-likeness (QED) is 0.792. The summed E-state index contributed by atoms with van der Waals surface area (Å²) in [6.45, 7) is 3.96. The van der Waals surface area contributed by atoms with Crippen molar-refractivity contribution in [1.82, 2.24) is 4.98 Å². The highest BCUT2D eigenvalue weighted by Gasteiger charge is 2.11. The number of carbonyl (C=O) groups excluding carboxylic acids is 1. The number of rotatable bonds is 3. The van der Waals surface area contributed by atoms with Gasteiger partial charge in [0, 0.05) is 23.2 Å². The number of pyridine rings is 1. The largest absolute Gasteiger partial charge is 0.497 e. The number of fused-ring (bicyclic) bond motifs is 1. The van der Waals surface area contributed by atoms with Crippen molar-refractivity contribution >= 4 is 22.5 Å². The highest BCUT2D eigenvalue weighted by atomic mass is 16.5. The molecule has 2 aromatic carbocycles. The number of aryl methyl sites for hydroxylation is 2. The predicted molar refractivity (Wildman–Crippen MR) is 92.2 cm³/mol. The van der Waals surface area contributed by atoms with E-state index in [2.05, 4.69) is 10.3 Å². The summed E-state index contributed by atoms with van der Waals surface area (Å²) in [5.74, 6) is 0.526. The molecule has 3 rings (SSSR count). The van der Waals surface area contributed by atoms with Crippen LogP contribution in [0, 0.1) is 13.8 Å². The second-order valence-corrected chi connectivity index (χ2v) is 5.58. The van der Waals surface area contributed by atoms with Crippen LogP contribution in [0.1, 0.15) is 21.5 Å². The average molecular weight is 306 g/mol. The molecule has 3 aromatic rings. The van der Waals surface area contributed by atoms with Gasteiger partial charge in [-0.1, -0.05) is 23.3 Å². The standard InChI is InChI=1S/C19H18N2O2/c1-12-7-13(2)9-15(8-12)19(22)21-17-11-16(23-3)10-14-5-4-6-20-18(14)17/h4-11H,1-3H3,(H,21,22). The zero-order valence-corrected chi connectivity index (χ0v) is 13.4. The number of carbonyl (C=O) groups is 1. The number of aromatic nitrogens is 1. The second-order valence-electron chi connectivity index (χ2n) is 5.58. The first-order chi connectivity index (χ1) is 11.1. The Morgan fingerprint density at radius 3 is 2.52 bits per heavy atom. The van der Waals surface area contributed by atoms with E-state index in [1.54, 1.807) is 19.4 Å². The molecule has 1 N–H and O–H groups in total. The summed E-state index contributed by atoms with van der Waals surface area (Å²) in [6, 6.07) is 13.3. The lowest BCUT2D eigenvalue weighted by Gasteiger charge is -2.11. The summed E-state index contributed by atoms with van der Waals surface area (Å²) in [5.41, 5.74) is 4.14. The van der Waals surface area contributed by atoms with Crippen LogP contribution in [0.15, 0.2) is 48.7 Å². The van der Waals surface area contributed by atoms with Crippen LogP contribution in [0.5, 0.6) is 5.75 Å². The smallest absolute Gasteiger partial charge is 0.255 e. The number of ether oxygens (including phenoxy) is 1. The molecule has 0 spiro atoms. The lowest BCUT2D eigenvalue weighted by Crippen LogP contribution is -2.13. The van der Waals surface area contributed by atoms with E-state index in [1.165, 1.54) is 0 Å². The van der Waals surface area contributed by atoms with E-state index in [0.717, 1.165) is 22.0 Å².